The van der Waals surface area contributed by atoms with E-state index < -0.39 is 8.07 Å². The molecule has 2 heterocycles. The van der Waals surface area contributed by atoms with Crippen molar-refractivity contribution >= 4 is 13.3 Å². The summed E-state index contributed by atoms with van der Waals surface area (Å²) < 4.78 is 2.62. The van der Waals surface area contributed by atoms with Gasteiger partial charge in [0.25, 0.3) is 0 Å². The van der Waals surface area contributed by atoms with Crippen LogP contribution in [-0.4, -0.2) is 15.1 Å². The SMILES string of the molecule is C=C(/C=C\C)CCC1c2ccccc2-c2cc(CC(C)(C)C)c([Si](C)(C)C)c[n+]2C1CC(=C)NC. The molecule has 2 atom stereocenters. The highest BCUT2D eigenvalue weighted by molar-refractivity contribution is 6.89. The number of hydrogen-bond donors (Lipinski definition) is 1. The van der Waals surface area contributed by atoms with Gasteiger partial charge in [-0.25, -0.2) is 0 Å². The fourth-order valence-corrected chi connectivity index (χ4v) is 7.20. The van der Waals surface area contributed by atoms with Crippen molar-refractivity contribution in [2.24, 2.45) is 5.41 Å². The third-order valence-electron chi connectivity index (χ3n) is 7.18. The van der Waals surface area contributed by atoms with E-state index in [9.17, 15) is 0 Å². The van der Waals surface area contributed by atoms with Crippen molar-refractivity contribution in [1.82, 2.24) is 5.32 Å². The van der Waals surface area contributed by atoms with Crippen molar-refractivity contribution in [3.05, 3.63) is 84.2 Å². The van der Waals surface area contributed by atoms with Crippen molar-refractivity contribution in [2.75, 3.05) is 7.05 Å². The van der Waals surface area contributed by atoms with Crippen molar-refractivity contribution < 1.29 is 4.57 Å². The molecule has 188 valence electrons. The summed E-state index contributed by atoms with van der Waals surface area (Å²) in [5.41, 5.74) is 8.29. The van der Waals surface area contributed by atoms with Crippen molar-refractivity contribution in [3.63, 3.8) is 0 Å². The van der Waals surface area contributed by atoms with Gasteiger partial charge in [-0.1, -0.05) is 89.5 Å². The molecule has 1 aromatic carbocycles. The molecule has 0 bridgehead atoms. The van der Waals surface area contributed by atoms with Crippen LogP contribution in [0.4, 0.5) is 0 Å². The summed E-state index contributed by atoms with van der Waals surface area (Å²) >= 11 is 0. The lowest BCUT2D eigenvalue weighted by Crippen LogP contribution is -2.54. The Hall–Kier alpha value is -2.39. The molecular formula is C32H47N2Si+. The van der Waals surface area contributed by atoms with Crippen LogP contribution in [0.15, 0.2) is 73.1 Å². The van der Waals surface area contributed by atoms with E-state index >= 15 is 0 Å². The van der Waals surface area contributed by atoms with Gasteiger partial charge in [0.2, 0.25) is 5.69 Å². The number of allylic oxidation sites excluding steroid dienone is 4. The Morgan fingerprint density at radius 2 is 1.83 bits per heavy atom. The fourth-order valence-electron chi connectivity index (χ4n) is 5.55. The quantitative estimate of drug-likeness (QED) is 0.221. The largest absolute Gasteiger partial charge is 0.392 e. The molecule has 1 N–H and O–H groups in total. The molecule has 3 rings (SSSR count). The maximum absolute atomic E-state index is 4.35. The Labute approximate surface area is 215 Å². The van der Waals surface area contributed by atoms with E-state index in [2.05, 4.69) is 119 Å². The minimum absolute atomic E-state index is 0.247. The van der Waals surface area contributed by atoms with Crippen LogP contribution < -0.4 is 15.1 Å². The number of pyridine rings is 1. The Kier molecular flexibility index (Phi) is 8.31. The van der Waals surface area contributed by atoms with Crippen molar-refractivity contribution in [1.29, 1.82) is 0 Å². The van der Waals surface area contributed by atoms with Crippen LogP contribution in [0.1, 0.15) is 70.0 Å². The molecule has 0 fully saturated rings. The third kappa shape index (κ3) is 6.44. The molecule has 0 spiro atoms. The molecule has 2 nitrogen and oxygen atoms in total. The average Bonchev–Trinajstić information content (AvgIpc) is 2.76. The van der Waals surface area contributed by atoms with Crippen LogP contribution in [0.2, 0.25) is 19.6 Å². The maximum atomic E-state index is 4.35. The fraction of sp³-hybridized carbons (Fsp3) is 0.469. The van der Waals surface area contributed by atoms with Gasteiger partial charge in [-0.3, -0.25) is 0 Å². The van der Waals surface area contributed by atoms with Gasteiger partial charge < -0.3 is 5.32 Å². The lowest BCUT2D eigenvalue weighted by molar-refractivity contribution is -0.717. The molecule has 0 saturated heterocycles. The topological polar surface area (TPSA) is 15.9 Å². The summed E-state index contributed by atoms with van der Waals surface area (Å²) in [5, 5.41) is 4.92. The zero-order valence-corrected chi connectivity index (χ0v) is 24.5. The summed E-state index contributed by atoms with van der Waals surface area (Å²) in [5.74, 6) is 0.416. The van der Waals surface area contributed by atoms with Crippen LogP contribution in [0.25, 0.3) is 11.3 Å². The smallest absolute Gasteiger partial charge is 0.213 e. The second-order valence-corrected chi connectivity index (χ2v) is 17.5. The minimum Gasteiger partial charge on any atom is -0.392 e. The van der Waals surface area contributed by atoms with Gasteiger partial charge in [0.05, 0.1) is 8.07 Å². The molecule has 2 unspecified atom stereocenters. The van der Waals surface area contributed by atoms with E-state index in [1.54, 1.807) is 5.19 Å². The Morgan fingerprint density at radius 1 is 1.14 bits per heavy atom. The molecule has 0 aliphatic carbocycles. The molecule has 0 amide bonds. The zero-order chi connectivity index (χ0) is 26.0. The van der Waals surface area contributed by atoms with E-state index in [4.69, 9.17) is 0 Å². The van der Waals surface area contributed by atoms with Gasteiger partial charge in [0, 0.05) is 41.9 Å². The van der Waals surface area contributed by atoms with Crippen LogP contribution in [0.3, 0.4) is 0 Å². The Balaban J connectivity index is 2.24. The van der Waals surface area contributed by atoms with E-state index in [1.807, 2.05) is 7.05 Å². The van der Waals surface area contributed by atoms with Crippen LogP contribution in [-0.2, 0) is 6.42 Å². The number of nitrogens with zero attached hydrogens (tertiary/aromatic N) is 1. The monoisotopic (exact) mass is 487 g/mol. The van der Waals surface area contributed by atoms with Gasteiger partial charge in [-0.15, -0.1) is 0 Å². The Bertz CT molecular complexity index is 1110. The normalized spacial score (nSPS) is 17.7. The number of hydrogen-bond acceptors (Lipinski definition) is 1. The highest BCUT2D eigenvalue weighted by Crippen LogP contribution is 2.43. The number of fused-ring (bicyclic) bond motifs is 3. The molecule has 35 heavy (non-hydrogen) atoms. The number of aromatic nitrogens is 1. The summed E-state index contributed by atoms with van der Waals surface area (Å²) in [7, 11) is 0.436. The van der Waals surface area contributed by atoms with E-state index in [-0.39, 0.29) is 5.41 Å². The van der Waals surface area contributed by atoms with Crippen LogP contribution in [0.5, 0.6) is 0 Å². The van der Waals surface area contributed by atoms with Gasteiger partial charge in [0.15, 0.2) is 12.2 Å². The standard InChI is InChI=1S/C32H47N2Si/c1-11-14-23(2)17-18-28-26-15-12-13-16-27(26)30-20-25(21-32(4,5)6)31(35(8,9)10)22-34(30)29(28)19-24(3)33-7/h11-16,20,22,28-29,33H,2-3,17-19,21H2,1,4-10H3/q+1/b14-11-. The van der Waals surface area contributed by atoms with Gasteiger partial charge in [0.1, 0.15) is 0 Å². The van der Waals surface area contributed by atoms with Crippen LogP contribution >= 0.6 is 0 Å². The summed E-state index contributed by atoms with van der Waals surface area (Å²) in [6.45, 7) is 25.2. The lowest BCUT2D eigenvalue weighted by Gasteiger charge is -2.33. The average molecular weight is 488 g/mol. The number of rotatable bonds is 9. The minimum atomic E-state index is -1.56. The number of nitrogens with one attached hydrogen (secondary N) is 1. The maximum Gasteiger partial charge on any atom is 0.213 e. The second kappa shape index (κ2) is 10.7. The molecule has 0 radical (unpaired) electrons. The predicted octanol–water partition coefficient (Wildman–Crippen LogP) is 7.45. The van der Waals surface area contributed by atoms with E-state index in [0.29, 0.717) is 12.0 Å². The van der Waals surface area contributed by atoms with Gasteiger partial charge in [-0.05, 0) is 48.8 Å². The zero-order valence-electron chi connectivity index (χ0n) is 23.5. The molecule has 2 aromatic rings. The van der Waals surface area contributed by atoms with Gasteiger partial charge in [-0.2, -0.15) is 4.57 Å². The highest BCUT2D eigenvalue weighted by Gasteiger charge is 2.41. The van der Waals surface area contributed by atoms with E-state index in [0.717, 1.165) is 31.4 Å². The van der Waals surface area contributed by atoms with Crippen molar-refractivity contribution in [2.45, 2.75) is 85.0 Å². The Morgan fingerprint density at radius 3 is 2.43 bits per heavy atom. The lowest BCUT2D eigenvalue weighted by atomic mass is 9.77. The third-order valence-corrected chi connectivity index (χ3v) is 9.24. The first kappa shape index (κ1) is 27.2. The summed E-state index contributed by atoms with van der Waals surface area (Å²) in [6.07, 6.45) is 10.9. The molecule has 1 aliphatic heterocycles. The molecule has 0 saturated carbocycles. The van der Waals surface area contributed by atoms with Crippen LogP contribution in [0, 0.1) is 5.41 Å². The van der Waals surface area contributed by atoms with Crippen molar-refractivity contribution in [3.8, 4) is 11.3 Å². The highest BCUT2D eigenvalue weighted by atomic mass is 28.3. The first-order chi connectivity index (χ1) is 16.4. The van der Waals surface area contributed by atoms with E-state index in [1.165, 1.54) is 28.0 Å². The molecule has 1 aliphatic rings. The summed E-state index contributed by atoms with van der Waals surface area (Å²) in [6, 6.07) is 11.9. The molecule has 1 aromatic heterocycles. The van der Waals surface area contributed by atoms with Gasteiger partial charge >= 0.3 is 0 Å². The number of benzene rings is 1. The second-order valence-electron chi connectivity index (χ2n) is 12.5. The molecular weight excluding hydrogens is 440 g/mol. The predicted molar refractivity (Wildman–Crippen MR) is 156 cm³/mol. The summed E-state index contributed by atoms with van der Waals surface area (Å²) in [4.78, 5) is 0. The first-order valence-corrected chi connectivity index (χ1v) is 16.7. The molecule has 3 heteroatoms. The first-order valence-electron chi connectivity index (χ1n) is 13.2.